The molecule has 0 bridgehead atoms. The summed E-state index contributed by atoms with van der Waals surface area (Å²) >= 11 is 0. The zero-order valence-corrected chi connectivity index (χ0v) is 12.2. The maximum absolute atomic E-state index is 12.8. The minimum absolute atomic E-state index is 0.192. The van der Waals surface area contributed by atoms with E-state index in [-0.39, 0.29) is 18.1 Å². The van der Waals surface area contributed by atoms with Crippen LogP contribution in [0.1, 0.15) is 29.5 Å². The SMILES string of the molecule is O=C(Cc1ccc(F)cc1)N/N=C1\CCCc2ccccc21. The van der Waals surface area contributed by atoms with Crippen LogP contribution in [0.5, 0.6) is 0 Å². The van der Waals surface area contributed by atoms with Crippen molar-refractivity contribution < 1.29 is 9.18 Å². The summed E-state index contributed by atoms with van der Waals surface area (Å²) in [5.74, 6) is -0.495. The molecule has 0 saturated carbocycles. The predicted octanol–water partition coefficient (Wildman–Crippen LogP) is 3.23. The Morgan fingerprint density at radius 2 is 1.86 bits per heavy atom. The highest BCUT2D eigenvalue weighted by atomic mass is 19.1. The van der Waals surface area contributed by atoms with Crippen LogP contribution in [0.2, 0.25) is 0 Å². The van der Waals surface area contributed by atoms with Crippen LogP contribution in [-0.2, 0) is 17.6 Å². The van der Waals surface area contributed by atoms with Crippen molar-refractivity contribution in [3.8, 4) is 0 Å². The number of halogens is 1. The van der Waals surface area contributed by atoms with Gasteiger partial charge in [0.15, 0.2) is 0 Å². The standard InChI is InChI=1S/C18H17FN2O/c19-15-10-8-13(9-11-15)12-18(22)21-20-17-7-3-5-14-4-1-2-6-16(14)17/h1-2,4,6,8-11H,3,5,7,12H2,(H,21,22)/b20-17+. The lowest BCUT2D eigenvalue weighted by Crippen LogP contribution is -2.23. The number of carbonyl (C=O) groups excluding carboxylic acids is 1. The second kappa shape index (κ2) is 6.52. The van der Waals surface area contributed by atoms with Crippen molar-refractivity contribution in [3.05, 3.63) is 71.0 Å². The molecule has 0 spiro atoms. The molecule has 1 amide bonds. The second-order valence-electron chi connectivity index (χ2n) is 5.41. The van der Waals surface area contributed by atoms with Crippen molar-refractivity contribution in [2.45, 2.75) is 25.7 Å². The van der Waals surface area contributed by atoms with E-state index in [0.717, 1.165) is 36.1 Å². The van der Waals surface area contributed by atoms with E-state index in [0.29, 0.717) is 0 Å². The minimum atomic E-state index is -0.303. The van der Waals surface area contributed by atoms with Gasteiger partial charge in [-0.15, -0.1) is 0 Å². The molecule has 1 aliphatic carbocycles. The molecule has 112 valence electrons. The Morgan fingerprint density at radius 1 is 1.09 bits per heavy atom. The van der Waals surface area contributed by atoms with Crippen LogP contribution in [0.3, 0.4) is 0 Å². The molecule has 0 fully saturated rings. The molecule has 0 aliphatic heterocycles. The number of hydrazone groups is 1. The average molecular weight is 296 g/mol. The van der Waals surface area contributed by atoms with Crippen LogP contribution < -0.4 is 5.43 Å². The van der Waals surface area contributed by atoms with E-state index in [1.54, 1.807) is 12.1 Å². The molecule has 2 aromatic rings. The lowest BCUT2D eigenvalue weighted by molar-refractivity contribution is -0.120. The van der Waals surface area contributed by atoms with Crippen LogP contribution in [0.4, 0.5) is 4.39 Å². The van der Waals surface area contributed by atoms with Gasteiger partial charge < -0.3 is 0 Å². The van der Waals surface area contributed by atoms with Gasteiger partial charge in [-0.1, -0.05) is 36.4 Å². The molecule has 0 unspecified atom stereocenters. The number of carbonyl (C=O) groups is 1. The van der Waals surface area contributed by atoms with Gasteiger partial charge in [0.1, 0.15) is 5.82 Å². The van der Waals surface area contributed by atoms with Gasteiger partial charge >= 0.3 is 0 Å². The van der Waals surface area contributed by atoms with Gasteiger partial charge in [0.05, 0.1) is 12.1 Å². The van der Waals surface area contributed by atoms with Crippen molar-refractivity contribution >= 4 is 11.6 Å². The molecule has 1 aliphatic rings. The van der Waals surface area contributed by atoms with Gasteiger partial charge in [0.25, 0.3) is 0 Å². The Balaban J connectivity index is 1.67. The van der Waals surface area contributed by atoms with Crippen LogP contribution in [0.25, 0.3) is 0 Å². The van der Waals surface area contributed by atoms with Gasteiger partial charge in [0.2, 0.25) is 5.91 Å². The molecule has 0 heterocycles. The Hall–Kier alpha value is -2.49. The third-order valence-electron chi connectivity index (χ3n) is 3.78. The number of amides is 1. The normalized spacial score (nSPS) is 15.4. The fourth-order valence-corrected chi connectivity index (χ4v) is 2.67. The number of aryl methyl sites for hydroxylation is 1. The van der Waals surface area contributed by atoms with Crippen LogP contribution in [0.15, 0.2) is 53.6 Å². The van der Waals surface area contributed by atoms with Crippen LogP contribution in [0, 0.1) is 5.82 Å². The van der Waals surface area contributed by atoms with Crippen molar-refractivity contribution in [1.82, 2.24) is 5.43 Å². The van der Waals surface area contributed by atoms with E-state index in [4.69, 9.17) is 0 Å². The first-order valence-corrected chi connectivity index (χ1v) is 7.40. The molecule has 22 heavy (non-hydrogen) atoms. The maximum atomic E-state index is 12.8. The zero-order chi connectivity index (χ0) is 15.4. The molecule has 0 radical (unpaired) electrons. The second-order valence-corrected chi connectivity index (χ2v) is 5.41. The molecular formula is C18H17FN2O. The molecule has 3 nitrogen and oxygen atoms in total. The predicted molar refractivity (Wildman–Crippen MR) is 84.2 cm³/mol. The van der Waals surface area contributed by atoms with Crippen molar-refractivity contribution in [2.75, 3.05) is 0 Å². The number of nitrogens with one attached hydrogen (secondary N) is 1. The molecular weight excluding hydrogens is 279 g/mol. The first-order chi connectivity index (χ1) is 10.7. The Morgan fingerprint density at radius 3 is 2.68 bits per heavy atom. The Labute approximate surface area is 128 Å². The first kappa shape index (κ1) is 14.4. The van der Waals surface area contributed by atoms with E-state index >= 15 is 0 Å². The van der Waals surface area contributed by atoms with Crippen molar-refractivity contribution in [2.24, 2.45) is 5.10 Å². The van der Waals surface area contributed by atoms with E-state index in [2.05, 4.69) is 16.6 Å². The lowest BCUT2D eigenvalue weighted by Gasteiger charge is -2.17. The fraction of sp³-hybridized carbons (Fsp3) is 0.222. The highest BCUT2D eigenvalue weighted by Gasteiger charge is 2.15. The van der Waals surface area contributed by atoms with Gasteiger partial charge in [0, 0.05) is 5.56 Å². The van der Waals surface area contributed by atoms with Gasteiger partial charge in [-0.2, -0.15) is 5.10 Å². The molecule has 0 saturated heterocycles. The van der Waals surface area contributed by atoms with E-state index in [9.17, 15) is 9.18 Å². The molecule has 0 atom stereocenters. The minimum Gasteiger partial charge on any atom is -0.273 e. The molecule has 4 heteroatoms. The third-order valence-corrected chi connectivity index (χ3v) is 3.78. The number of fused-ring (bicyclic) bond motifs is 1. The summed E-state index contributed by atoms with van der Waals surface area (Å²) in [5, 5.41) is 4.28. The number of benzene rings is 2. The summed E-state index contributed by atoms with van der Waals surface area (Å²) in [5.41, 5.74) is 6.70. The van der Waals surface area contributed by atoms with Crippen molar-refractivity contribution in [3.63, 3.8) is 0 Å². The first-order valence-electron chi connectivity index (χ1n) is 7.40. The molecule has 0 aromatic heterocycles. The van der Waals surface area contributed by atoms with E-state index in [1.807, 2.05) is 18.2 Å². The monoisotopic (exact) mass is 296 g/mol. The number of nitrogens with zero attached hydrogens (tertiary/aromatic N) is 1. The van der Waals surface area contributed by atoms with Gasteiger partial charge in [-0.05, 0) is 42.5 Å². The number of hydrogen-bond acceptors (Lipinski definition) is 2. The van der Waals surface area contributed by atoms with Gasteiger partial charge in [-0.25, -0.2) is 9.82 Å². The third kappa shape index (κ3) is 3.39. The van der Waals surface area contributed by atoms with Crippen LogP contribution in [-0.4, -0.2) is 11.6 Å². The average Bonchev–Trinajstić information content (AvgIpc) is 2.55. The zero-order valence-electron chi connectivity index (χ0n) is 12.2. The Bertz CT molecular complexity index is 707. The highest BCUT2D eigenvalue weighted by Crippen LogP contribution is 2.21. The lowest BCUT2D eigenvalue weighted by atomic mass is 9.90. The number of hydrogen-bond donors (Lipinski definition) is 1. The quantitative estimate of drug-likeness (QED) is 0.868. The summed E-state index contributed by atoms with van der Waals surface area (Å²) < 4.78 is 12.8. The summed E-state index contributed by atoms with van der Waals surface area (Å²) in [6.07, 6.45) is 3.16. The summed E-state index contributed by atoms with van der Waals surface area (Å²) in [7, 11) is 0. The molecule has 1 N–H and O–H groups in total. The maximum Gasteiger partial charge on any atom is 0.244 e. The van der Waals surface area contributed by atoms with E-state index < -0.39 is 0 Å². The largest absolute Gasteiger partial charge is 0.273 e. The summed E-state index contributed by atoms with van der Waals surface area (Å²) in [4.78, 5) is 11.9. The molecule has 3 rings (SSSR count). The number of rotatable bonds is 3. The van der Waals surface area contributed by atoms with E-state index in [1.165, 1.54) is 17.7 Å². The van der Waals surface area contributed by atoms with Crippen molar-refractivity contribution in [1.29, 1.82) is 0 Å². The smallest absolute Gasteiger partial charge is 0.244 e. The fourth-order valence-electron chi connectivity index (χ4n) is 2.67. The highest BCUT2D eigenvalue weighted by molar-refractivity contribution is 6.03. The molecule has 2 aromatic carbocycles. The Kier molecular flexibility index (Phi) is 4.28. The van der Waals surface area contributed by atoms with Crippen LogP contribution >= 0.6 is 0 Å². The van der Waals surface area contributed by atoms with Gasteiger partial charge in [-0.3, -0.25) is 4.79 Å². The summed E-state index contributed by atoms with van der Waals surface area (Å²) in [6.45, 7) is 0. The summed E-state index contributed by atoms with van der Waals surface area (Å²) in [6, 6.07) is 14.1. The topological polar surface area (TPSA) is 41.5 Å².